The van der Waals surface area contributed by atoms with Gasteiger partial charge in [0.2, 0.25) is 0 Å². The minimum atomic E-state index is 0.0174. The Balaban J connectivity index is 2.16. The van der Waals surface area contributed by atoms with Gasteiger partial charge in [-0.25, -0.2) is 0 Å². The van der Waals surface area contributed by atoms with Crippen molar-refractivity contribution in [3.05, 3.63) is 23.1 Å². The summed E-state index contributed by atoms with van der Waals surface area (Å²) < 4.78 is 10.3. The van der Waals surface area contributed by atoms with Crippen LogP contribution in [0.3, 0.4) is 0 Å². The van der Waals surface area contributed by atoms with E-state index in [4.69, 9.17) is 26.6 Å². The third-order valence-corrected chi connectivity index (χ3v) is 2.90. The molecule has 0 bridgehead atoms. The molecule has 3 N–H and O–H groups in total. The first kappa shape index (κ1) is 9.98. The van der Waals surface area contributed by atoms with Crippen LogP contribution >= 0.6 is 11.6 Å². The van der Waals surface area contributed by atoms with Gasteiger partial charge in [-0.05, 0) is 24.1 Å². The highest BCUT2D eigenvalue weighted by Crippen LogP contribution is 2.32. The third kappa shape index (κ3) is 1.79. The van der Waals surface area contributed by atoms with Crippen molar-refractivity contribution in [3.8, 4) is 0 Å². The Morgan fingerprint density at radius 2 is 2.50 bits per heavy atom. The molecule has 1 fully saturated rings. The van der Waals surface area contributed by atoms with Crippen LogP contribution in [0.25, 0.3) is 0 Å². The van der Waals surface area contributed by atoms with Crippen molar-refractivity contribution in [3.63, 3.8) is 0 Å². The molecule has 1 aromatic heterocycles. The fourth-order valence-corrected chi connectivity index (χ4v) is 2.05. The van der Waals surface area contributed by atoms with Gasteiger partial charge in [0.05, 0.1) is 18.9 Å². The summed E-state index contributed by atoms with van der Waals surface area (Å²) in [6.07, 6.45) is 2.56. The Morgan fingerprint density at radius 3 is 3.00 bits per heavy atom. The van der Waals surface area contributed by atoms with E-state index in [2.05, 4.69) is 5.43 Å². The molecular formula is C9H13ClN2O2. The molecule has 1 saturated heterocycles. The van der Waals surface area contributed by atoms with E-state index >= 15 is 0 Å². The fourth-order valence-electron chi connectivity index (χ4n) is 1.82. The van der Waals surface area contributed by atoms with Crippen LogP contribution in [0.15, 0.2) is 16.7 Å². The third-order valence-electron chi connectivity index (χ3n) is 2.60. The van der Waals surface area contributed by atoms with E-state index in [0.717, 1.165) is 25.2 Å². The normalized spacial score (nSPS) is 24.0. The lowest BCUT2D eigenvalue weighted by Gasteiger charge is -2.20. The summed E-state index contributed by atoms with van der Waals surface area (Å²) in [7, 11) is 0. The molecule has 2 atom stereocenters. The van der Waals surface area contributed by atoms with Gasteiger partial charge in [0.15, 0.2) is 5.22 Å². The van der Waals surface area contributed by atoms with E-state index in [9.17, 15) is 0 Å². The summed E-state index contributed by atoms with van der Waals surface area (Å²) in [4.78, 5) is 0. The minimum absolute atomic E-state index is 0.0174. The number of rotatable bonds is 3. The van der Waals surface area contributed by atoms with Crippen molar-refractivity contribution >= 4 is 11.6 Å². The molecule has 0 aromatic carbocycles. The van der Waals surface area contributed by atoms with Crippen molar-refractivity contribution in [1.82, 2.24) is 5.43 Å². The molecule has 0 spiro atoms. The van der Waals surface area contributed by atoms with Crippen molar-refractivity contribution in [1.29, 1.82) is 0 Å². The van der Waals surface area contributed by atoms with E-state index in [-0.39, 0.29) is 6.04 Å². The molecule has 14 heavy (non-hydrogen) atoms. The Kier molecular flexibility index (Phi) is 3.08. The molecule has 2 heterocycles. The average Bonchev–Trinajstić information content (AvgIpc) is 2.80. The second-order valence-electron chi connectivity index (χ2n) is 3.42. The number of nitrogens with two attached hydrogens (primary N) is 1. The number of ether oxygens (including phenoxy) is 1. The van der Waals surface area contributed by atoms with Gasteiger partial charge in [0, 0.05) is 18.1 Å². The zero-order valence-corrected chi connectivity index (χ0v) is 8.46. The number of furan rings is 1. The quantitative estimate of drug-likeness (QED) is 0.594. The van der Waals surface area contributed by atoms with Crippen LogP contribution < -0.4 is 11.3 Å². The largest absolute Gasteiger partial charge is 0.453 e. The lowest BCUT2D eigenvalue weighted by molar-refractivity contribution is 0.176. The van der Waals surface area contributed by atoms with Gasteiger partial charge >= 0.3 is 0 Å². The zero-order chi connectivity index (χ0) is 9.97. The molecule has 1 aliphatic heterocycles. The van der Waals surface area contributed by atoms with Crippen molar-refractivity contribution in [2.45, 2.75) is 12.5 Å². The molecular weight excluding hydrogens is 204 g/mol. The number of hydrogen-bond donors (Lipinski definition) is 2. The van der Waals surface area contributed by atoms with Crippen LogP contribution in [-0.4, -0.2) is 13.2 Å². The van der Waals surface area contributed by atoms with Crippen molar-refractivity contribution < 1.29 is 9.15 Å². The molecule has 2 unspecified atom stereocenters. The number of hydrogen-bond acceptors (Lipinski definition) is 4. The lowest BCUT2D eigenvalue weighted by Crippen LogP contribution is -2.33. The van der Waals surface area contributed by atoms with Gasteiger partial charge in [0.25, 0.3) is 0 Å². The predicted octanol–water partition coefficient (Wildman–Crippen LogP) is 1.47. The highest BCUT2D eigenvalue weighted by molar-refractivity contribution is 6.29. The number of nitrogens with one attached hydrogen (secondary N) is 1. The van der Waals surface area contributed by atoms with Gasteiger partial charge in [-0.3, -0.25) is 11.3 Å². The van der Waals surface area contributed by atoms with E-state index in [1.165, 1.54) is 0 Å². The molecule has 0 radical (unpaired) electrons. The molecule has 0 amide bonds. The van der Waals surface area contributed by atoms with Crippen LogP contribution in [0.4, 0.5) is 0 Å². The second-order valence-corrected chi connectivity index (χ2v) is 3.76. The summed E-state index contributed by atoms with van der Waals surface area (Å²) in [5.41, 5.74) is 3.67. The van der Waals surface area contributed by atoms with Crippen LogP contribution in [0.1, 0.15) is 18.0 Å². The highest BCUT2D eigenvalue weighted by atomic mass is 35.5. The standard InChI is InChI=1S/C9H13ClN2O2/c10-9-7(2-4-14-9)8(12-11)6-1-3-13-5-6/h2,4,6,8,12H,1,3,5,11H2. The average molecular weight is 217 g/mol. The Bertz CT molecular complexity index is 297. The Labute approximate surface area is 87.3 Å². The monoisotopic (exact) mass is 216 g/mol. The molecule has 1 aliphatic rings. The zero-order valence-electron chi connectivity index (χ0n) is 7.70. The minimum Gasteiger partial charge on any atom is -0.453 e. The van der Waals surface area contributed by atoms with E-state index in [0.29, 0.717) is 11.1 Å². The first-order valence-corrected chi connectivity index (χ1v) is 4.97. The fraction of sp³-hybridized carbons (Fsp3) is 0.556. The SMILES string of the molecule is NNC(c1ccoc1Cl)C1CCOC1. The maximum absolute atomic E-state index is 5.89. The predicted molar refractivity (Wildman–Crippen MR) is 52.7 cm³/mol. The van der Waals surface area contributed by atoms with Gasteiger partial charge in [0.1, 0.15) is 0 Å². The second kappa shape index (κ2) is 4.31. The summed E-state index contributed by atoms with van der Waals surface area (Å²) >= 11 is 5.89. The van der Waals surface area contributed by atoms with Crippen LogP contribution in [0.5, 0.6) is 0 Å². The van der Waals surface area contributed by atoms with E-state index in [1.54, 1.807) is 6.26 Å². The first-order chi connectivity index (χ1) is 6.83. The first-order valence-electron chi connectivity index (χ1n) is 4.59. The Hall–Kier alpha value is -0.550. The van der Waals surface area contributed by atoms with Crippen molar-refractivity contribution in [2.24, 2.45) is 11.8 Å². The maximum atomic E-state index is 5.89. The van der Waals surface area contributed by atoms with Crippen LogP contribution in [0.2, 0.25) is 5.22 Å². The maximum Gasteiger partial charge on any atom is 0.197 e. The van der Waals surface area contributed by atoms with Gasteiger partial charge in [-0.2, -0.15) is 0 Å². The van der Waals surface area contributed by atoms with Crippen molar-refractivity contribution in [2.75, 3.05) is 13.2 Å². The molecule has 4 nitrogen and oxygen atoms in total. The summed E-state index contributed by atoms with van der Waals surface area (Å²) in [5.74, 6) is 5.88. The van der Waals surface area contributed by atoms with Gasteiger partial charge in [-0.15, -0.1) is 0 Å². The Morgan fingerprint density at radius 1 is 1.64 bits per heavy atom. The number of halogens is 1. The van der Waals surface area contributed by atoms with E-state index in [1.807, 2.05) is 6.07 Å². The number of hydrazine groups is 1. The molecule has 2 rings (SSSR count). The summed E-state index contributed by atoms with van der Waals surface area (Å²) in [6, 6.07) is 1.86. The van der Waals surface area contributed by atoms with Crippen LogP contribution in [0, 0.1) is 5.92 Å². The van der Waals surface area contributed by atoms with Gasteiger partial charge in [-0.1, -0.05) is 0 Å². The molecule has 0 aliphatic carbocycles. The molecule has 0 saturated carbocycles. The van der Waals surface area contributed by atoms with Gasteiger partial charge < -0.3 is 9.15 Å². The molecule has 1 aromatic rings. The summed E-state index contributed by atoms with van der Waals surface area (Å²) in [5, 5.41) is 0.403. The topological polar surface area (TPSA) is 60.4 Å². The summed E-state index contributed by atoms with van der Waals surface area (Å²) in [6.45, 7) is 1.51. The molecule has 5 heteroatoms. The van der Waals surface area contributed by atoms with Crippen LogP contribution in [-0.2, 0) is 4.74 Å². The highest BCUT2D eigenvalue weighted by Gasteiger charge is 2.28. The smallest absolute Gasteiger partial charge is 0.197 e. The van der Waals surface area contributed by atoms with E-state index < -0.39 is 0 Å². The lowest BCUT2D eigenvalue weighted by atomic mass is 9.95. The molecule has 78 valence electrons.